The molecular formula is C15H16FN7S. The number of anilines is 3. The lowest BCUT2D eigenvalue weighted by molar-refractivity contribution is 0.628. The maximum Gasteiger partial charge on any atom is 0.232 e. The van der Waals surface area contributed by atoms with Gasteiger partial charge in [-0.15, -0.1) is 0 Å². The van der Waals surface area contributed by atoms with Crippen molar-refractivity contribution in [3.63, 3.8) is 0 Å². The SMILES string of the molecule is CCn1ccnc1SCc1nc(N)nc(Nc2ccc(F)cc2)n1. The van der Waals surface area contributed by atoms with Crippen molar-refractivity contribution >= 4 is 29.3 Å². The summed E-state index contributed by atoms with van der Waals surface area (Å²) in [7, 11) is 0. The van der Waals surface area contributed by atoms with Gasteiger partial charge in [0.15, 0.2) is 5.16 Å². The van der Waals surface area contributed by atoms with Crippen LogP contribution in [0.4, 0.5) is 22.0 Å². The van der Waals surface area contributed by atoms with Crippen molar-refractivity contribution in [1.82, 2.24) is 24.5 Å². The number of nitrogen functional groups attached to an aromatic ring is 1. The third-order valence-electron chi connectivity index (χ3n) is 3.15. The molecular weight excluding hydrogens is 329 g/mol. The number of aryl methyl sites for hydroxylation is 1. The first-order valence-corrected chi connectivity index (χ1v) is 8.29. The Morgan fingerprint density at radius 2 is 2.00 bits per heavy atom. The Kier molecular flexibility index (Phi) is 4.90. The van der Waals surface area contributed by atoms with Gasteiger partial charge in [0.1, 0.15) is 11.6 Å². The summed E-state index contributed by atoms with van der Waals surface area (Å²) in [5.41, 5.74) is 6.42. The largest absolute Gasteiger partial charge is 0.368 e. The Balaban J connectivity index is 1.72. The molecule has 3 aromatic rings. The van der Waals surface area contributed by atoms with E-state index in [1.54, 1.807) is 18.3 Å². The molecule has 1 aromatic carbocycles. The fraction of sp³-hybridized carbons (Fsp3) is 0.200. The molecule has 124 valence electrons. The zero-order valence-corrected chi connectivity index (χ0v) is 13.8. The van der Waals surface area contributed by atoms with Crippen LogP contribution in [-0.4, -0.2) is 24.5 Å². The van der Waals surface area contributed by atoms with E-state index < -0.39 is 0 Å². The molecule has 0 aliphatic heterocycles. The quantitative estimate of drug-likeness (QED) is 0.663. The van der Waals surface area contributed by atoms with Crippen LogP contribution in [0, 0.1) is 5.82 Å². The van der Waals surface area contributed by atoms with Gasteiger partial charge in [0, 0.05) is 24.6 Å². The van der Waals surface area contributed by atoms with E-state index in [1.807, 2.05) is 10.8 Å². The van der Waals surface area contributed by atoms with Crippen molar-refractivity contribution in [2.45, 2.75) is 24.4 Å². The number of rotatable bonds is 6. The standard InChI is InChI=1S/C15H16FN7S/c1-2-23-8-7-18-15(23)24-9-12-20-13(17)22-14(21-12)19-11-5-3-10(16)4-6-11/h3-8H,2,9H2,1H3,(H3,17,19,20,21,22). The van der Waals surface area contributed by atoms with E-state index in [9.17, 15) is 4.39 Å². The van der Waals surface area contributed by atoms with E-state index >= 15 is 0 Å². The smallest absolute Gasteiger partial charge is 0.232 e. The summed E-state index contributed by atoms with van der Waals surface area (Å²) in [5, 5.41) is 3.88. The number of aromatic nitrogens is 5. The molecule has 9 heteroatoms. The summed E-state index contributed by atoms with van der Waals surface area (Å²) < 4.78 is 15.0. The second kappa shape index (κ2) is 7.26. The third kappa shape index (κ3) is 3.99. The van der Waals surface area contributed by atoms with Gasteiger partial charge in [-0.05, 0) is 31.2 Å². The highest BCUT2D eigenvalue weighted by molar-refractivity contribution is 7.98. The van der Waals surface area contributed by atoms with Crippen molar-refractivity contribution in [1.29, 1.82) is 0 Å². The van der Waals surface area contributed by atoms with E-state index in [-0.39, 0.29) is 11.8 Å². The second-order valence-electron chi connectivity index (χ2n) is 4.85. The lowest BCUT2D eigenvalue weighted by Gasteiger charge is -2.07. The van der Waals surface area contributed by atoms with Crippen molar-refractivity contribution in [3.05, 3.63) is 48.3 Å². The Bertz CT molecular complexity index is 819. The number of hydrogen-bond donors (Lipinski definition) is 2. The van der Waals surface area contributed by atoms with Gasteiger partial charge in [0.25, 0.3) is 0 Å². The molecule has 7 nitrogen and oxygen atoms in total. The zero-order valence-electron chi connectivity index (χ0n) is 13.0. The number of imidazole rings is 1. The molecule has 0 aliphatic rings. The van der Waals surface area contributed by atoms with Crippen LogP contribution in [-0.2, 0) is 12.3 Å². The minimum Gasteiger partial charge on any atom is -0.368 e. The van der Waals surface area contributed by atoms with E-state index in [0.29, 0.717) is 23.2 Å². The normalized spacial score (nSPS) is 10.8. The maximum absolute atomic E-state index is 13.0. The van der Waals surface area contributed by atoms with Gasteiger partial charge in [-0.1, -0.05) is 11.8 Å². The number of benzene rings is 1. The first-order valence-electron chi connectivity index (χ1n) is 7.31. The zero-order chi connectivity index (χ0) is 16.9. The maximum atomic E-state index is 13.0. The minimum absolute atomic E-state index is 0.129. The number of nitrogens with zero attached hydrogens (tertiary/aromatic N) is 5. The van der Waals surface area contributed by atoms with Crippen LogP contribution in [0.1, 0.15) is 12.7 Å². The highest BCUT2D eigenvalue weighted by Gasteiger charge is 2.08. The van der Waals surface area contributed by atoms with E-state index in [2.05, 4.69) is 32.2 Å². The highest BCUT2D eigenvalue weighted by atomic mass is 32.2. The average Bonchev–Trinajstić information content (AvgIpc) is 3.02. The molecule has 0 atom stereocenters. The summed E-state index contributed by atoms with van der Waals surface area (Å²) >= 11 is 1.52. The van der Waals surface area contributed by atoms with Gasteiger partial charge in [-0.3, -0.25) is 0 Å². The third-order valence-corrected chi connectivity index (χ3v) is 4.15. The topological polar surface area (TPSA) is 94.5 Å². The van der Waals surface area contributed by atoms with Gasteiger partial charge in [0.2, 0.25) is 11.9 Å². The molecule has 2 heterocycles. The summed E-state index contributed by atoms with van der Waals surface area (Å²) in [6.07, 6.45) is 3.68. The highest BCUT2D eigenvalue weighted by Crippen LogP contribution is 2.21. The van der Waals surface area contributed by atoms with Crippen molar-refractivity contribution in [3.8, 4) is 0 Å². The van der Waals surface area contributed by atoms with Crippen LogP contribution in [0.5, 0.6) is 0 Å². The fourth-order valence-electron chi connectivity index (χ4n) is 2.03. The molecule has 0 unspecified atom stereocenters. The first-order chi connectivity index (χ1) is 11.6. The first kappa shape index (κ1) is 16.2. The van der Waals surface area contributed by atoms with Crippen LogP contribution in [0.2, 0.25) is 0 Å². The molecule has 24 heavy (non-hydrogen) atoms. The summed E-state index contributed by atoms with van der Waals surface area (Å²) in [6.45, 7) is 2.90. The molecule has 0 radical (unpaired) electrons. The van der Waals surface area contributed by atoms with Gasteiger partial charge >= 0.3 is 0 Å². The van der Waals surface area contributed by atoms with Crippen LogP contribution >= 0.6 is 11.8 Å². The molecule has 0 spiro atoms. The fourth-order valence-corrected chi connectivity index (χ4v) is 2.90. The number of nitrogens with two attached hydrogens (primary N) is 1. The monoisotopic (exact) mass is 345 g/mol. The number of halogens is 1. The summed E-state index contributed by atoms with van der Waals surface area (Å²) in [4.78, 5) is 16.8. The Morgan fingerprint density at radius 1 is 1.21 bits per heavy atom. The van der Waals surface area contributed by atoms with Crippen LogP contribution < -0.4 is 11.1 Å². The average molecular weight is 345 g/mol. The van der Waals surface area contributed by atoms with E-state index in [1.165, 1.54) is 23.9 Å². The number of nitrogens with one attached hydrogen (secondary N) is 1. The van der Waals surface area contributed by atoms with Gasteiger partial charge in [-0.2, -0.15) is 15.0 Å². The van der Waals surface area contributed by atoms with Gasteiger partial charge in [-0.25, -0.2) is 9.37 Å². The molecule has 0 aliphatic carbocycles. The van der Waals surface area contributed by atoms with Crippen LogP contribution in [0.25, 0.3) is 0 Å². The molecule has 3 N–H and O–H groups in total. The van der Waals surface area contributed by atoms with Gasteiger partial charge < -0.3 is 15.6 Å². The summed E-state index contributed by atoms with van der Waals surface area (Å²) in [6, 6.07) is 5.91. The van der Waals surface area contributed by atoms with Crippen molar-refractivity contribution < 1.29 is 4.39 Å². The second-order valence-corrected chi connectivity index (χ2v) is 5.79. The Labute approximate surface area is 142 Å². The van der Waals surface area contributed by atoms with E-state index in [4.69, 9.17) is 5.73 Å². The predicted molar refractivity (Wildman–Crippen MR) is 91.4 cm³/mol. The molecule has 0 amide bonds. The molecule has 0 bridgehead atoms. The molecule has 0 saturated heterocycles. The Morgan fingerprint density at radius 3 is 2.75 bits per heavy atom. The predicted octanol–water partition coefficient (Wildman–Crippen LogP) is 2.85. The Hall–Kier alpha value is -2.68. The van der Waals surface area contributed by atoms with Crippen LogP contribution in [0.15, 0.2) is 41.8 Å². The van der Waals surface area contributed by atoms with Crippen molar-refractivity contribution in [2.75, 3.05) is 11.1 Å². The number of thioether (sulfide) groups is 1. The molecule has 0 fully saturated rings. The molecule has 3 rings (SSSR count). The van der Waals surface area contributed by atoms with Gasteiger partial charge in [0.05, 0.1) is 5.75 Å². The lowest BCUT2D eigenvalue weighted by atomic mass is 10.3. The molecule has 0 saturated carbocycles. The lowest BCUT2D eigenvalue weighted by Crippen LogP contribution is -2.07. The van der Waals surface area contributed by atoms with Crippen molar-refractivity contribution in [2.24, 2.45) is 0 Å². The molecule has 2 aromatic heterocycles. The van der Waals surface area contributed by atoms with E-state index in [0.717, 1.165) is 11.7 Å². The minimum atomic E-state index is -0.306. The van der Waals surface area contributed by atoms with Crippen LogP contribution in [0.3, 0.4) is 0 Å². The summed E-state index contributed by atoms with van der Waals surface area (Å²) in [5.74, 6) is 1.21. The number of hydrogen-bond acceptors (Lipinski definition) is 7.